The third kappa shape index (κ3) is 9.98. The summed E-state index contributed by atoms with van der Waals surface area (Å²) in [6, 6.07) is 0. The SMILES string of the molecule is CCCCC[C@H](C)CCC[C@H](C)[C@H](C)OC(=O)CC. The highest BCUT2D eigenvalue weighted by atomic mass is 16.5. The molecule has 0 bridgehead atoms. The van der Waals surface area contributed by atoms with Crippen molar-refractivity contribution >= 4 is 5.97 Å². The van der Waals surface area contributed by atoms with Crippen LogP contribution in [0.5, 0.6) is 0 Å². The predicted molar refractivity (Wildman–Crippen MR) is 82.2 cm³/mol. The fourth-order valence-electron chi connectivity index (χ4n) is 2.32. The molecule has 0 amide bonds. The van der Waals surface area contributed by atoms with Crippen molar-refractivity contribution in [3.8, 4) is 0 Å². The number of hydrogen-bond donors (Lipinski definition) is 0. The highest BCUT2D eigenvalue weighted by Gasteiger charge is 2.16. The van der Waals surface area contributed by atoms with Gasteiger partial charge in [-0.05, 0) is 25.2 Å². The van der Waals surface area contributed by atoms with Crippen molar-refractivity contribution in [1.82, 2.24) is 0 Å². The van der Waals surface area contributed by atoms with Crippen molar-refractivity contribution in [3.05, 3.63) is 0 Å². The van der Waals surface area contributed by atoms with Crippen LogP contribution in [0.3, 0.4) is 0 Å². The van der Waals surface area contributed by atoms with E-state index in [4.69, 9.17) is 4.74 Å². The molecule has 0 saturated heterocycles. The lowest BCUT2D eigenvalue weighted by Gasteiger charge is -2.21. The van der Waals surface area contributed by atoms with Gasteiger partial charge in [-0.2, -0.15) is 0 Å². The van der Waals surface area contributed by atoms with E-state index in [0.717, 1.165) is 12.3 Å². The Balaban J connectivity index is 3.66. The quantitative estimate of drug-likeness (QED) is 0.373. The minimum atomic E-state index is -0.0766. The van der Waals surface area contributed by atoms with Gasteiger partial charge in [0.05, 0.1) is 0 Å². The van der Waals surface area contributed by atoms with E-state index in [1.807, 2.05) is 13.8 Å². The molecule has 2 nitrogen and oxygen atoms in total. The van der Waals surface area contributed by atoms with E-state index in [1.165, 1.54) is 38.5 Å². The van der Waals surface area contributed by atoms with Crippen LogP contribution in [0.1, 0.15) is 86.0 Å². The van der Waals surface area contributed by atoms with Crippen molar-refractivity contribution in [1.29, 1.82) is 0 Å². The van der Waals surface area contributed by atoms with E-state index in [0.29, 0.717) is 12.3 Å². The zero-order valence-electron chi connectivity index (χ0n) is 13.7. The highest BCUT2D eigenvalue weighted by molar-refractivity contribution is 5.69. The molecule has 0 aromatic heterocycles. The van der Waals surface area contributed by atoms with Crippen LogP contribution < -0.4 is 0 Å². The van der Waals surface area contributed by atoms with Gasteiger partial charge in [0.25, 0.3) is 0 Å². The van der Waals surface area contributed by atoms with Gasteiger partial charge in [0, 0.05) is 6.42 Å². The Morgan fingerprint density at radius 1 is 0.947 bits per heavy atom. The second-order valence-electron chi connectivity index (χ2n) is 6.06. The van der Waals surface area contributed by atoms with E-state index in [1.54, 1.807) is 0 Å². The van der Waals surface area contributed by atoms with Crippen molar-refractivity contribution in [2.75, 3.05) is 0 Å². The Bertz CT molecular complexity index is 225. The molecule has 0 saturated carbocycles. The van der Waals surface area contributed by atoms with Crippen molar-refractivity contribution in [2.45, 2.75) is 92.1 Å². The third-order valence-corrected chi connectivity index (χ3v) is 4.06. The van der Waals surface area contributed by atoms with E-state index in [2.05, 4.69) is 20.8 Å². The molecule has 114 valence electrons. The van der Waals surface area contributed by atoms with Crippen LogP contribution in [0.15, 0.2) is 0 Å². The second kappa shape index (κ2) is 11.3. The van der Waals surface area contributed by atoms with Gasteiger partial charge in [-0.25, -0.2) is 0 Å². The van der Waals surface area contributed by atoms with Crippen LogP contribution in [0, 0.1) is 11.8 Å². The summed E-state index contributed by atoms with van der Waals surface area (Å²) >= 11 is 0. The predicted octanol–water partition coefficient (Wildman–Crippen LogP) is 5.35. The van der Waals surface area contributed by atoms with Crippen LogP contribution in [0.25, 0.3) is 0 Å². The fourth-order valence-corrected chi connectivity index (χ4v) is 2.32. The standard InChI is InChI=1S/C17H34O2/c1-6-8-9-11-14(3)12-10-13-15(4)16(5)19-17(18)7-2/h14-16H,6-13H2,1-5H3/t14-,15-,16-/m0/s1. The topological polar surface area (TPSA) is 26.3 Å². The molecule has 19 heavy (non-hydrogen) atoms. The number of esters is 1. The minimum absolute atomic E-state index is 0.0582. The summed E-state index contributed by atoms with van der Waals surface area (Å²) < 4.78 is 5.36. The molecule has 0 unspecified atom stereocenters. The molecule has 0 aromatic rings. The first kappa shape index (κ1) is 18.5. The number of hydrogen-bond acceptors (Lipinski definition) is 2. The molecule has 0 spiro atoms. The first-order valence-electron chi connectivity index (χ1n) is 8.20. The first-order valence-corrected chi connectivity index (χ1v) is 8.20. The number of ether oxygens (including phenoxy) is 1. The molecule has 0 rings (SSSR count). The summed E-state index contributed by atoms with van der Waals surface area (Å²) in [6.45, 7) is 10.7. The van der Waals surface area contributed by atoms with Gasteiger partial charge in [0.1, 0.15) is 6.10 Å². The molecule has 0 aromatic carbocycles. The summed E-state index contributed by atoms with van der Waals surface area (Å²) in [5.74, 6) is 1.23. The van der Waals surface area contributed by atoms with Gasteiger partial charge in [-0.15, -0.1) is 0 Å². The average molecular weight is 270 g/mol. The van der Waals surface area contributed by atoms with Crippen molar-refractivity contribution in [2.24, 2.45) is 11.8 Å². The third-order valence-electron chi connectivity index (χ3n) is 4.06. The molecule has 3 atom stereocenters. The normalized spacial score (nSPS) is 15.8. The molecular weight excluding hydrogens is 236 g/mol. The molecular formula is C17H34O2. The Labute approximate surface area is 120 Å². The van der Waals surface area contributed by atoms with Crippen LogP contribution in [-0.4, -0.2) is 12.1 Å². The van der Waals surface area contributed by atoms with Crippen LogP contribution >= 0.6 is 0 Å². The van der Waals surface area contributed by atoms with E-state index in [-0.39, 0.29) is 12.1 Å². The van der Waals surface area contributed by atoms with Gasteiger partial charge >= 0.3 is 5.97 Å². The number of unbranched alkanes of at least 4 members (excludes halogenated alkanes) is 2. The Morgan fingerprint density at radius 3 is 2.16 bits per heavy atom. The molecule has 0 aliphatic carbocycles. The van der Waals surface area contributed by atoms with Crippen LogP contribution in [0.4, 0.5) is 0 Å². The van der Waals surface area contributed by atoms with Crippen molar-refractivity contribution < 1.29 is 9.53 Å². The lowest BCUT2D eigenvalue weighted by molar-refractivity contribution is -0.150. The lowest BCUT2D eigenvalue weighted by atomic mass is 9.93. The molecule has 0 heterocycles. The lowest BCUT2D eigenvalue weighted by Crippen LogP contribution is -2.21. The number of rotatable bonds is 11. The molecule has 0 aliphatic heterocycles. The van der Waals surface area contributed by atoms with Gasteiger partial charge in [-0.3, -0.25) is 4.79 Å². The summed E-state index contributed by atoms with van der Waals surface area (Å²) in [7, 11) is 0. The van der Waals surface area contributed by atoms with E-state index in [9.17, 15) is 4.79 Å². The van der Waals surface area contributed by atoms with Crippen LogP contribution in [0.2, 0.25) is 0 Å². The summed E-state index contributed by atoms with van der Waals surface area (Å²) in [5, 5.41) is 0. The molecule has 0 fully saturated rings. The first-order chi connectivity index (χ1) is 9.01. The summed E-state index contributed by atoms with van der Waals surface area (Å²) in [4.78, 5) is 11.2. The maximum absolute atomic E-state index is 11.2. The highest BCUT2D eigenvalue weighted by Crippen LogP contribution is 2.20. The summed E-state index contributed by atoms with van der Waals surface area (Å²) in [5.41, 5.74) is 0. The monoisotopic (exact) mass is 270 g/mol. The molecule has 0 N–H and O–H groups in total. The van der Waals surface area contributed by atoms with E-state index >= 15 is 0 Å². The minimum Gasteiger partial charge on any atom is -0.462 e. The van der Waals surface area contributed by atoms with Crippen LogP contribution in [-0.2, 0) is 9.53 Å². The molecule has 0 aliphatic rings. The molecule has 2 heteroatoms. The fraction of sp³-hybridized carbons (Fsp3) is 0.941. The Kier molecular flexibility index (Phi) is 11.0. The van der Waals surface area contributed by atoms with E-state index < -0.39 is 0 Å². The van der Waals surface area contributed by atoms with Crippen molar-refractivity contribution in [3.63, 3.8) is 0 Å². The van der Waals surface area contributed by atoms with Gasteiger partial charge < -0.3 is 4.74 Å². The second-order valence-corrected chi connectivity index (χ2v) is 6.06. The summed E-state index contributed by atoms with van der Waals surface area (Å²) in [6.07, 6.45) is 9.67. The van der Waals surface area contributed by atoms with Gasteiger partial charge in [-0.1, -0.05) is 66.2 Å². The Hall–Kier alpha value is -0.530. The average Bonchev–Trinajstić information content (AvgIpc) is 2.38. The zero-order valence-corrected chi connectivity index (χ0v) is 13.7. The maximum Gasteiger partial charge on any atom is 0.305 e. The Morgan fingerprint density at radius 2 is 1.58 bits per heavy atom. The number of carbonyl (C=O) groups excluding carboxylic acids is 1. The maximum atomic E-state index is 11.2. The van der Waals surface area contributed by atoms with Gasteiger partial charge in [0.2, 0.25) is 0 Å². The largest absolute Gasteiger partial charge is 0.462 e. The zero-order chi connectivity index (χ0) is 14.7. The smallest absolute Gasteiger partial charge is 0.305 e. The number of carbonyl (C=O) groups is 1. The molecule has 0 radical (unpaired) electrons. The van der Waals surface area contributed by atoms with Gasteiger partial charge in [0.15, 0.2) is 0 Å².